The molecule has 2 unspecified atom stereocenters. The van der Waals surface area contributed by atoms with Crippen LogP contribution in [0.2, 0.25) is 0 Å². The average molecular weight is 293 g/mol. The van der Waals surface area contributed by atoms with E-state index in [-0.39, 0.29) is 18.6 Å². The number of fused-ring (bicyclic) bond motifs is 1. The fourth-order valence-corrected chi connectivity index (χ4v) is 3.17. The molecule has 0 radical (unpaired) electrons. The Morgan fingerprint density at radius 2 is 2.15 bits per heavy atom. The number of hydrogen-bond acceptors (Lipinski definition) is 3. The van der Waals surface area contributed by atoms with E-state index in [1.807, 2.05) is 18.2 Å². The van der Waals surface area contributed by atoms with Crippen LogP contribution in [0.3, 0.4) is 0 Å². The zero-order valence-corrected chi connectivity index (χ0v) is 12.6. The van der Waals surface area contributed by atoms with Crippen LogP contribution in [0.5, 0.6) is 11.5 Å². The topological polar surface area (TPSA) is 47.6 Å². The van der Waals surface area contributed by atoms with E-state index in [1.54, 1.807) is 0 Å². The van der Waals surface area contributed by atoms with Crippen LogP contribution < -0.4 is 14.8 Å². The highest BCUT2D eigenvalue weighted by atomic mass is 31.0. The van der Waals surface area contributed by atoms with Crippen molar-refractivity contribution in [3.63, 3.8) is 0 Å². The van der Waals surface area contributed by atoms with Crippen molar-refractivity contribution in [3.8, 4) is 11.5 Å². The minimum Gasteiger partial charge on any atom is -0.490 e. The van der Waals surface area contributed by atoms with Crippen LogP contribution in [-0.4, -0.2) is 24.3 Å². The minimum atomic E-state index is -0.116. The van der Waals surface area contributed by atoms with Gasteiger partial charge in [-0.2, -0.15) is 0 Å². The summed E-state index contributed by atoms with van der Waals surface area (Å²) in [5, 5.41) is 2.81. The lowest BCUT2D eigenvalue weighted by Gasteiger charge is -2.21. The molecule has 1 aromatic carbocycles. The molecule has 1 saturated carbocycles. The van der Waals surface area contributed by atoms with Crippen LogP contribution >= 0.6 is 9.24 Å². The van der Waals surface area contributed by atoms with Gasteiger partial charge in [0.2, 0.25) is 0 Å². The normalized spacial score (nSPS) is 25.9. The predicted molar refractivity (Wildman–Crippen MR) is 81.6 cm³/mol. The van der Waals surface area contributed by atoms with Crippen molar-refractivity contribution in [3.05, 3.63) is 18.2 Å². The van der Waals surface area contributed by atoms with Gasteiger partial charge in [-0.15, -0.1) is 9.24 Å². The van der Waals surface area contributed by atoms with Gasteiger partial charge in [-0.05, 0) is 49.9 Å². The summed E-state index contributed by atoms with van der Waals surface area (Å²) in [6.07, 6.45) is 6.14. The third-order valence-corrected chi connectivity index (χ3v) is 4.51. The van der Waals surface area contributed by atoms with Crippen molar-refractivity contribution in [1.82, 2.24) is 0 Å². The third-order valence-electron chi connectivity index (χ3n) is 3.85. The first-order valence-electron chi connectivity index (χ1n) is 7.19. The summed E-state index contributed by atoms with van der Waals surface area (Å²) in [5.41, 5.74) is 1.43. The second kappa shape index (κ2) is 6.01. The molecule has 0 bridgehead atoms. The summed E-state index contributed by atoms with van der Waals surface area (Å²) in [7, 11) is 2.92. The maximum absolute atomic E-state index is 11.3. The Morgan fingerprint density at radius 1 is 1.25 bits per heavy atom. The molecule has 0 aromatic heterocycles. The molecule has 2 aliphatic rings. The van der Waals surface area contributed by atoms with Crippen molar-refractivity contribution in [2.45, 2.75) is 43.9 Å². The molecule has 1 aromatic rings. The SMILES string of the molecule is O=C1COc2ccc(O[C@H]3CCCC(P)CC3)cc2N1. The molecule has 3 rings (SSSR count). The molecule has 0 spiro atoms. The summed E-state index contributed by atoms with van der Waals surface area (Å²) >= 11 is 0. The molecule has 1 heterocycles. The number of carbonyl (C=O) groups is 1. The molecular weight excluding hydrogens is 273 g/mol. The summed E-state index contributed by atoms with van der Waals surface area (Å²) in [6.45, 7) is 0.0887. The van der Waals surface area contributed by atoms with Gasteiger partial charge in [0.05, 0.1) is 11.8 Å². The van der Waals surface area contributed by atoms with Gasteiger partial charge < -0.3 is 14.8 Å². The summed E-state index contributed by atoms with van der Waals surface area (Å²) in [4.78, 5) is 11.3. The van der Waals surface area contributed by atoms with Crippen LogP contribution in [0.1, 0.15) is 32.1 Å². The van der Waals surface area contributed by atoms with Crippen molar-refractivity contribution >= 4 is 20.8 Å². The Bertz CT molecular complexity index is 506. The van der Waals surface area contributed by atoms with Gasteiger partial charge in [0, 0.05) is 6.07 Å². The molecule has 20 heavy (non-hydrogen) atoms. The van der Waals surface area contributed by atoms with Crippen LogP contribution in [0.4, 0.5) is 5.69 Å². The van der Waals surface area contributed by atoms with Crippen molar-refractivity contribution < 1.29 is 14.3 Å². The first-order chi connectivity index (χ1) is 9.70. The lowest BCUT2D eigenvalue weighted by molar-refractivity contribution is -0.118. The monoisotopic (exact) mass is 293 g/mol. The zero-order valence-electron chi connectivity index (χ0n) is 11.4. The van der Waals surface area contributed by atoms with Crippen molar-refractivity contribution in [1.29, 1.82) is 0 Å². The summed E-state index contributed by atoms with van der Waals surface area (Å²) in [5.74, 6) is 1.40. The fraction of sp³-hybridized carbons (Fsp3) is 0.533. The lowest BCUT2D eigenvalue weighted by atomic mass is 10.1. The maximum atomic E-state index is 11.3. The minimum absolute atomic E-state index is 0.0887. The smallest absolute Gasteiger partial charge is 0.262 e. The first kappa shape index (κ1) is 13.7. The standard InChI is InChI=1S/C15H20NO3P/c17-15-9-18-14-7-5-11(8-13(14)16-15)19-10-2-1-3-12(20)6-4-10/h5,7-8,10,12H,1-4,6,9,20H2,(H,16,17)/t10-,12?/m0/s1. The van der Waals surface area contributed by atoms with E-state index in [1.165, 1.54) is 19.3 Å². The van der Waals surface area contributed by atoms with Crippen LogP contribution in [0, 0.1) is 0 Å². The van der Waals surface area contributed by atoms with E-state index < -0.39 is 0 Å². The van der Waals surface area contributed by atoms with E-state index in [4.69, 9.17) is 9.47 Å². The highest BCUT2D eigenvalue weighted by molar-refractivity contribution is 7.17. The second-order valence-electron chi connectivity index (χ2n) is 5.50. The molecule has 0 saturated heterocycles. The van der Waals surface area contributed by atoms with Gasteiger partial charge in [-0.25, -0.2) is 0 Å². The molecule has 3 atom stereocenters. The first-order valence-corrected chi connectivity index (χ1v) is 7.86. The second-order valence-corrected chi connectivity index (χ2v) is 6.45. The highest BCUT2D eigenvalue weighted by Crippen LogP contribution is 2.33. The van der Waals surface area contributed by atoms with E-state index in [0.717, 1.165) is 24.3 Å². The Balaban J connectivity index is 1.68. The third kappa shape index (κ3) is 3.24. The van der Waals surface area contributed by atoms with Crippen LogP contribution in [0.15, 0.2) is 18.2 Å². The number of hydrogen-bond donors (Lipinski definition) is 1. The quantitative estimate of drug-likeness (QED) is 0.673. The number of amides is 1. The zero-order chi connectivity index (χ0) is 13.9. The number of anilines is 1. The van der Waals surface area contributed by atoms with E-state index in [0.29, 0.717) is 11.4 Å². The fourth-order valence-electron chi connectivity index (χ4n) is 2.74. The van der Waals surface area contributed by atoms with Gasteiger partial charge in [0.1, 0.15) is 11.5 Å². The van der Waals surface area contributed by atoms with E-state index in [9.17, 15) is 4.79 Å². The number of carbonyl (C=O) groups excluding carboxylic acids is 1. The van der Waals surface area contributed by atoms with Gasteiger partial charge in [0.15, 0.2) is 6.61 Å². The Hall–Kier alpha value is -1.28. The molecular formula is C15H20NO3P. The van der Waals surface area contributed by atoms with E-state index in [2.05, 4.69) is 14.6 Å². The van der Waals surface area contributed by atoms with E-state index >= 15 is 0 Å². The lowest BCUT2D eigenvalue weighted by Crippen LogP contribution is -2.25. The predicted octanol–water partition coefficient (Wildman–Crippen LogP) is 2.97. The molecule has 4 nitrogen and oxygen atoms in total. The van der Waals surface area contributed by atoms with Crippen molar-refractivity contribution in [2.75, 3.05) is 11.9 Å². The molecule has 108 valence electrons. The summed E-state index contributed by atoms with van der Waals surface area (Å²) < 4.78 is 11.4. The number of benzene rings is 1. The molecule has 1 aliphatic carbocycles. The molecule has 5 heteroatoms. The highest BCUT2D eigenvalue weighted by Gasteiger charge is 2.20. The molecule has 1 amide bonds. The van der Waals surface area contributed by atoms with Gasteiger partial charge in [-0.1, -0.05) is 0 Å². The van der Waals surface area contributed by atoms with Gasteiger partial charge >= 0.3 is 0 Å². The molecule has 1 N–H and O–H groups in total. The van der Waals surface area contributed by atoms with Crippen LogP contribution in [0.25, 0.3) is 0 Å². The molecule has 1 aliphatic heterocycles. The van der Waals surface area contributed by atoms with Gasteiger partial charge in [-0.3, -0.25) is 4.79 Å². The van der Waals surface area contributed by atoms with Crippen LogP contribution in [-0.2, 0) is 4.79 Å². The Labute approximate surface area is 121 Å². The van der Waals surface area contributed by atoms with Crippen molar-refractivity contribution in [2.24, 2.45) is 0 Å². The molecule has 1 fully saturated rings. The Morgan fingerprint density at radius 3 is 3.05 bits per heavy atom. The average Bonchev–Trinajstić information content (AvgIpc) is 2.63. The summed E-state index contributed by atoms with van der Waals surface area (Å²) in [6, 6.07) is 5.63. The number of ether oxygens (including phenoxy) is 2. The van der Waals surface area contributed by atoms with Gasteiger partial charge in [0.25, 0.3) is 5.91 Å². The number of nitrogens with one attached hydrogen (secondary N) is 1. The largest absolute Gasteiger partial charge is 0.490 e. The number of rotatable bonds is 2. The Kier molecular flexibility index (Phi) is 4.11. The maximum Gasteiger partial charge on any atom is 0.262 e.